The van der Waals surface area contributed by atoms with E-state index in [-0.39, 0.29) is 5.38 Å². The summed E-state index contributed by atoms with van der Waals surface area (Å²) >= 11 is 9.38. The molecule has 0 heterocycles. The van der Waals surface area contributed by atoms with Crippen LogP contribution in [0.15, 0.2) is 28.7 Å². The van der Waals surface area contributed by atoms with Gasteiger partial charge in [0.2, 0.25) is 0 Å². The van der Waals surface area contributed by atoms with E-state index >= 15 is 0 Å². The molecule has 1 rings (SSSR count). The van der Waals surface area contributed by atoms with Crippen LogP contribution in [0.25, 0.3) is 0 Å². The number of nitrogens with zero attached hydrogens (tertiary/aromatic N) is 1. The largest absolute Gasteiger partial charge is 0.301 e. The molecule has 0 saturated heterocycles. The van der Waals surface area contributed by atoms with Crippen LogP contribution in [-0.2, 0) is 6.54 Å². The van der Waals surface area contributed by atoms with Gasteiger partial charge in [0.15, 0.2) is 0 Å². The SMILES string of the molecule is CC(Cl)CN(C)Cc1cccc(Br)c1. The van der Waals surface area contributed by atoms with Crippen LogP contribution in [0.5, 0.6) is 0 Å². The number of halogens is 2. The van der Waals surface area contributed by atoms with Gasteiger partial charge in [-0.15, -0.1) is 11.6 Å². The summed E-state index contributed by atoms with van der Waals surface area (Å²) in [6, 6.07) is 8.35. The maximum atomic E-state index is 5.92. The molecule has 0 bridgehead atoms. The van der Waals surface area contributed by atoms with Gasteiger partial charge in [0.1, 0.15) is 0 Å². The van der Waals surface area contributed by atoms with Crippen LogP contribution in [0.2, 0.25) is 0 Å². The van der Waals surface area contributed by atoms with E-state index < -0.39 is 0 Å². The quantitative estimate of drug-likeness (QED) is 0.761. The third kappa shape index (κ3) is 4.45. The highest BCUT2D eigenvalue weighted by Crippen LogP contribution is 2.13. The molecule has 1 aromatic carbocycles. The van der Waals surface area contributed by atoms with Gasteiger partial charge in [0.25, 0.3) is 0 Å². The maximum absolute atomic E-state index is 5.92. The second kappa shape index (κ2) is 5.74. The lowest BCUT2D eigenvalue weighted by molar-refractivity contribution is 0.330. The minimum absolute atomic E-state index is 0.201. The highest BCUT2D eigenvalue weighted by atomic mass is 79.9. The number of alkyl halides is 1. The average Bonchev–Trinajstić information content (AvgIpc) is 2.01. The van der Waals surface area contributed by atoms with Crippen molar-refractivity contribution in [2.75, 3.05) is 13.6 Å². The molecule has 14 heavy (non-hydrogen) atoms. The zero-order valence-electron chi connectivity index (χ0n) is 8.50. The Morgan fingerprint density at radius 2 is 2.21 bits per heavy atom. The van der Waals surface area contributed by atoms with Crippen LogP contribution in [0.3, 0.4) is 0 Å². The zero-order valence-corrected chi connectivity index (χ0v) is 10.8. The number of benzene rings is 1. The molecule has 1 atom stereocenters. The summed E-state index contributed by atoms with van der Waals surface area (Å²) in [6.07, 6.45) is 0. The molecule has 1 unspecified atom stereocenters. The van der Waals surface area contributed by atoms with E-state index in [2.05, 4.69) is 46.1 Å². The lowest BCUT2D eigenvalue weighted by Crippen LogP contribution is -2.24. The van der Waals surface area contributed by atoms with Crippen molar-refractivity contribution >= 4 is 27.5 Å². The number of hydrogen-bond acceptors (Lipinski definition) is 1. The van der Waals surface area contributed by atoms with Crippen LogP contribution in [0, 0.1) is 0 Å². The Bertz CT molecular complexity index is 288. The smallest absolute Gasteiger partial charge is 0.0435 e. The highest BCUT2D eigenvalue weighted by Gasteiger charge is 2.03. The molecule has 0 saturated carbocycles. The second-order valence-corrected chi connectivity index (χ2v) is 5.27. The summed E-state index contributed by atoms with van der Waals surface area (Å²) in [4.78, 5) is 2.22. The molecule has 0 spiro atoms. The van der Waals surface area contributed by atoms with E-state index in [0.717, 1.165) is 17.6 Å². The van der Waals surface area contributed by atoms with Crippen molar-refractivity contribution in [3.63, 3.8) is 0 Å². The van der Waals surface area contributed by atoms with Gasteiger partial charge in [-0.1, -0.05) is 28.1 Å². The van der Waals surface area contributed by atoms with Crippen LogP contribution < -0.4 is 0 Å². The fourth-order valence-corrected chi connectivity index (χ4v) is 2.12. The van der Waals surface area contributed by atoms with Crippen molar-refractivity contribution in [3.8, 4) is 0 Å². The minimum atomic E-state index is 0.201. The summed E-state index contributed by atoms with van der Waals surface area (Å²) in [7, 11) is 2.08. The molecular weight excluding hydrogens is 261 g/mol. The first-order chi connectivity index (χ1) is 6.58. The van der Waals surface area contributed by atoms with Crippen molar-refractivity contribution < 1.29 is 0 Å². The monoisotopic (exact) mass is 275 g/mol. The van der Waals surface area contributed by atoms with E-state index in [1.165, 1.54) is 5.56 Å². The summed E-state index contributed by atoms with van der Waals surface area (Å²) in [5.74, 6) is 0. The van der Waals surface area contributed by atoms with E-state index in [0.29, 0.717) is 0 Å². The molecule has 0 aliphatic heterocycles. The van der Waals surface area contributed by atoms with E-state index in [9.17, 15) is 0 Å². The first-order valence-electron chi connectivity index (χ1n) is 4.65. The normalized spacial score (nSPS) is 13.2. The third-order valence-corrected chi connectivity index (χ3v) is 2.54. The van der Waals surface area contributed by atoms with Gasteiger partial charge in [-0.3, -0.25) is 0 Å². The molecule has 0 aliphatic rings. The molecule has 0 fully saturated rings. The Kier molecular flexibility index (Phi) is 4.93. The van der Waals surface area contributed by atoms with Crippen molar-refractivity contribution in [3.05, 3.63) is 34.3 Å². The van der Waals surface area contributed by atoms with Crippen molar-refractivity contribution in [2.24, 2.45) is 0 Å². The molecule has 0 radical (unpaired) electrons. The Morgan fingerprint density at radius 1 is 1.50 bits per heavy atom. The van der Waals surface area contributed by atoms with Gasteiger partial charge >= 0.3 is 0 Å². The molecule has 0 amide bonds. The van der Waals surface area contributed by atoms with Crippen molar-refractivity contribution in [2.45, 2.75) is 18.8 Å². The first-order valence-corrected chi connectivity index (χ1v) is 5.88. The molecule has 1 nitrogen and oxygen atoms in total. The third-order valence-electron chi connectivity index (χ3n) is 1.90. The minimum Gasteiger partial charge on any atom is -0.301 e. The molecule has 1 aromatic rings. The summed E-state index contributed by atoms with van der Waals surface area (Å²) in [5, 5.41) is 0.201. The van der Waals surface area contributed by atoms with Gasteiger partial charge in [0.05, 0.1) is 0 Å². The van der Waals surface area contributed by atoms with Gasteiger partial charge in [-0.2, -0.15) is 0 Å². The van der Waals surface area contributed by atoms with Crippen molar-refractivity contribution in [1.82, 2.24) is 4.90 Å². The topological polar surface area (TPSA) is 3.24 Å². The fraction of sp³-hybridized carbons (Fsp3) is 0.455. The second-order valence-electron chi connectivity index (χ2n) is 3.61. The van der Waals surface area contributed by atoms with E-state index in [1.807, 2.05) is 13.0 Å². The standard InChI is InChI=1S/C11H15BrClN/c1-9(13)7-14(2)8-10-4-3-5-11(12)6-10/h3-6,9H,7-8H2,1-2H3. The van der Waals surface area contributed by atoms with Gasteiger partial charge in [-0.05, 0) is 31.7 Å². The lowest BCUT2D eigenvalue weighted by Gasteiger charge is -2.17. The van der Waals surface area contributed by atoms with Gasteiger partial charge < -0.3 is 4.90 Å². The molecular formula is C11H15BrClN. The van der Waals surface area contributed by atoms with Crippen molar-refractivity contribution in [1.29, 1.82) is 0 Å². The predicted molar refractivity (Wildman–Crippen MR) is 65.8 cm³/mol. The van der Waals surface area contributed by atoms with E-state index in [1.54, 1.807) is 0 Å². The number of hydrogen-bond donors (Lipinski definition) is 0. The van der Waals surface area contributed by atoms with Crippen LogP contribution >= 0.6 is 27.5 Å². The Balaban J connectivity index is 2.51. The summed E-state index contributed by atoms with van der Waals surface area (Å²) in [5.41, 5.74) is 1.30. The molecule has 3 heteroatoms. The first kappa shape index (κ1) is 12.0. The molecule has 0 aromatic heterocycles. The number of rotatable bonds is 4. The van der Waals surface area contributed by atoms with Crippen LogP contribution in [-0.4, -0.2) is 23.9 Å². The van der Waals surface area contributed by atoms with Gasteiger partial charge in [-0.25, -0.2) is 0 Å². The zero-order chi connectivity index (χ0) is 10.6. The van der Waals surface area contributed by atoms with Gasteiger partial charge in [0, 0.05) is 22.9 Å². The molecule has 0 N–H and O–H groups in total. The summed E-state index contributed by atoms with van der Waals surface area (Å²) in [6.45, 7) is 3.86. The fourth-order valence-electron chi connectivity index (χ4n) is 1.44. The van der Waals surface area contributed by atoms with E-state index in [4.69, 9.17) is 11.6 Å². The summed E-state index contributed by atoms with van der Waals surface area (Å²) < 4.78 is 1.13. The molecule has 0 aliphatic carbocycles. The van der Waals surface area contributed by atoms with Crippen LogP contribution in [0.1, 0.15) is 12.5 Å². The predicted octanol–water partition coefficient (Wildman–Crippen LogP) is 3.51. The lowest BCUT2D eigenvalue weighted by atomic mass is 10.2. The Labute approximate surface area is 99.2 Å². The average molecular weight is 277 g/mol. The maximum Gasteiger partial charge on any atom is 0.0435 e. The Morgan fingerprint density at radius 3 is 2.79 bits per heavy atom. The Hall–Kier alpha value is -0.0500. The molecule has 78 valence electrons. The van der Waals surface area contributed by atoms with Crippen LogP contribution in [0.4, 0.5) is 0 Å². The highest BCUT2D eigenvalue weighted by molar-refractivity contribution is 9.10.